The first-order valence-electron chi connectivity index (χ1n) is 12.4. The zero-order valence-electron chi connectivity index (χ0n) is 24.3. The molecule has 214 valence electrons. The maximum absolute atomic E-state index is 13.3. The summed E-state index contributed by atoms with van der Waals surface area (Å²) in [4.78, 5) is 40.5. The Hall–Kier alpha value is -3.02. The normalized spacial score (nSPS) is 12.3. The average Bonchev–Trinajstić information content (AvgIpc) is 2.82. The number of esters is 1. The number of imide groups is 1. The largest absolute Gasteiger partial charge is 0.493 e. The first-order chi connectivity index (χ1) is 18.1. The van der Waals surface area contributed by atoms with Crippen LogP contribution in [0.1, 0.15) is 52.7 Å². The molecule has 1 unspecified atom stereocenters. The average molecular weight is 657 g/mol. The number of halogens is 1. The van der Waals surface area contributed by atoms with E-state index in [9.17, 15) is 14.4 Å². The summed E-state index contributed by atoms with van der Waals surface area (Å²) < 4.78 is 29.2. The maximum Gasteiger partial charge on any atom is 0.420 e. The second-order valence-electron chi connectivity index (χ2n) is 10.8. The minimum absolute atomic E-state index is 0.0492. The summed E-state index contributed by atoms with van der Waals surface area (Å²) in [6.07, 6.45) is -2.07. The third-order valence-electron chi connectivity index (χ3n) is 5.15. The Labute approximate surface area is 241 Å². The topological polar surface area (TPSA) is 101 Å². The summed E-state index contributed by atoms with van der Waals surface area (Å²) in [7, 11) is 4.27. The van der Waals surface area contributed by atoms with Crippen molar-refractivity contribution in [1.82, 2.24) is 4.90 Å². The van der Waals surface area contributed by atoms with E-state index >= 15 is 0 Å². The van der Waals surface area contributed by atoms with Crippen LogP contribution < -0.4 is 30.7 Å². The molecule has 1 atom stereocenters. The molecule has 0 spiro atoms. The molecule has 0 N–H and O–H groups in total. The van der Waals surface area contributed by atoms with Gasteiger partial charge in [-0.05, 0) is 66.7 Å². The van der Waals surface area contributed by atoms with Crippen molar-refractivity contribution in [3.05, 3.63) is 54.7 Å². The minimum Gasteiger partial charge on any atom is -0.493 e. The number of hydrogen-bond acceptors (Lipinski definition) is 8. The lowest BCUT2D eigenvalue weighted by molar-refractivity contribution is -0.598. The number of rotatable bonds is 8. The second kappa shape index (κ2) is 13.4. The molecular formula is C29H39INO8+. The van der Waals surface area contributed by atoms with Crippen molar-refractivity contribution in [2.45, 2.75) is 72.1 Å². The third-order valence-corrected chi connectivity index (χ3v) is 8.08. The molecule has 0 saturated carbocycles. The molecule has 0 heterocycles. The van der Waals surface area contributed by atoms with Gasteiger partial charge in [-0.25, -0.2) is 14.4 Å². The van der Waals surface area contributed by atoms with Crippen LogP contribution >= 0.6 is 0 Å². The van der Waals surface area contributed by atoms with Gasteiger partial charge < -0.3 is 23.7 Å². The molecule has 2 aromatic rings. The summed E-state index contributed by atoms with van der Waals surface area (Å²) in [6, 6.07) is 10.5. The fourth-order valence-corrected chi connectivity index (χ4v) is 5.98. The Balaban J connectivity index is 2.66. The van der Waals surface area contributed by atoms with Crippen molar-refractivity contribution in [3.63, 3.8) is 0 Å². The summed E-state index contributed by atoms with van der Waals surface area (Å²) in [5, 5.41) is 0. The molecule has 0 aliphatic carbocycles. The highest BCUT2D eigenvalue weighted by atomic mass is 127. The van der Waals surface area contributed by atoms with E-state index < -0.39 is 56.6 Å². The Morgan fingerprint density at radius 2 is 1.31 bits per heavy atom. The quantitative estimate of drug-likeness (QED) is 0.243. The van der Waals surface area contributed by atoms with Gasteiger partial charge in [-0.2, -0.15) is 4.90 Å². The van der Waals surface area contributed by atoms with Crippen LogP contribution in [0.5, 0.6) is 11.5 Å². The van der Waals surface area contributed by atoms with Crippen molar-refractivity contribution in [3.8, 4) is 11.5 Å². The first kappa shape index (κ1) is 32.2. The molecule has 39 heavy (non-hydrogen) atoms. The van der Waals surface area contributed by atoms with Gasteiger partial charge in [0.15, 0.2) is 15.1 Å². The summed E-state index contributed by atoms with van der Waals surface area (Å²) in [5.41, 5.74) is -0.00714. The number of nitrogens with zero attached hydrogens (tertiary/aromatic N) is 1. The van der Waals surface area contributed by atoms with Crippen LogP contribution in [0.15, 0.2) is 36.4 Å². The van der Waals surface area contributed by atoms with E-state index in [-0.39, 0.29) is 6.42 Å². The summed E-state index contributed by atoms with van der Waals surface area (Å²) >= 11 is -0.738. The minimum atomic E-state index is -1.36. The van der Waals surface area contributed by atoms with E-state index in [1.165, 1.54) is 14.2 Å². The summed E-state index contributed by atoms with van der Waals surface area (Å²) in [6.45, 7) is 12.0. The van der Waals surface area contributed by atoms with Crippen molar-refractivity contribution in [2.75, 3.05) is 21.3 Å². The van der Waals surface area contributed by atoms with Crippen LogP contribution in [0.25, 0.3) is 0 Å². The fraction of sp³-hybridized carbons (Fsp3) is 0.483. The lowest BCUT2D eigenvalue weighted by Gasteiger charge is -2.32. The Morgan fingerprint density at radius 3 is 1.74 bits per heavy atom. The molecule has 0 aliphatic rings. The number of hydrogen-bond donors (Lipinski definition) is 0. The van der Waals surface area contributed by atoms with E-state index in [4.69, 9.17) is 23.7 Å². The van der Waals surface area contributed by atoms with Crippen molar-refractivity contribution >= 4 is 18.2 Å². The second-order valence-corrected chi connectivity index (χ2v) is 13.7. The predicted octanol–water partition coefficient (Wildman–Crippen LogP) is 2.40. The third kappa shape index (κ3) is 9.59. The SMILES string of the molecule is COC(=O)C(Cc1cc(OC)c(OC)cc1[I+]c1ccc(C)cc1)N(C(=O)OC(C)(C)C)C(=O)OC(C)(C)C. The predicted molar refractivity (Wildman–Crippen MR) is 142 cm³/mol. The molecule has 2 aromatic carbocycles. The first-order valence-corrected chi connectivity index (χ1v) is 14.5. The highest BCUT2D eigenvalue weighted by Gasteiger charge is 2.42. The molecule has 0 bridgehead atoms. The van der Waals surface area contributed by atoms with E-state index in [0.717, 1.165) is 12.7 Å². The van der Waals surface area contributed by atoms with Crippen molar-refractivity contribution < 1.29 is 59.3 Å². The highest BCUT2D eigenvalue weighted by Crippen LogP contribution is 2.29. The van der Waals surface area contributed by atoms with Gasteiger partial charge in [-0.1, -0.05) is 17.7 Å². The zero-order valence-corrected chi connectivity index (χ0v) is 26.5. The molecule has 2 rings (SSSR count). The number of amides is 2. The van der Waals surface area contributed by atoms with Crippen LogP contribution in [0.4, 0.5) is 9.59 Å². The molecule has 0 aliphatic heterocycles. The van der Waals surface area contributed by atoms with Crippen LogP contribution in [0, 0.1) is 14.1 Å². The summed E-state index contributed by atoms with van der Waals surface area (Å²) in [5.74, 6) is 0.198. The zero-order chi connectivity index (χ0) is 29.5. The number of aryl methyl sites for hydroxylation is 1. The van der Waals surface area contributed by atoms with E-state index in [2.05, 4.69) is 12.1 Å². The number of carbonyl (C=O) groups excluding carboxylic acids is 3. The monoisotopic (exact) mass is 656 g/mol. The van der Waals surface area contributed by atoms with Crippen LogP contribution in [0.3, 0.4) is 0 Å². The fourth-order valence-electron chi connectivity index (χ4n) is 3.43. The standard InChI is InChI=1S/C29H39INO8/c1-18-11-13-20(14-12-18)30-21-17-24(36-9)23(35-8)16-19(21)15-22(25(32)37-10)31(26(33)38-28(2,3)4)27(34)39-29(5,6)7/h11-14,16-17,22H,15H2,1-10H3/q+1. The van der Waals surface area contributed by atoms with Crippen LogP contribution in [-0.2, 0) is 25.4 Å². The van der Waals surface area contributed by atoms with Crippen molar-refractivity contribution in [1.29, 1.82) is 0 Å². The highest BCUT2D eigenvalue weighted by molar-refractivity contribution is 5.94. The smallest absolute Gasteiger partial charge is 0.420 e. The molecular weight excluding hydrogens is 617 g/mol. The van der Waals surface area contributed by atoms with E-state index in [1.807, 2.05) is 25.1 Å². The number of carbonyl (C=O) groups is 3. The lowest BCUT2D eigenvalue weighted by Crippen LogP contribution is -3.61. The Kier molecular flexibility index (Phi) is 11.0. The van der Waals surface area contributed by atoms with Gasteiger partial charge in [0.2, 0.25) is 3.57 Å². The lowest BCUT2D eigenvalue weighted by atomic mass is 10.0. The van der Waals surface area contributed by atoms with Gasteiger partial charge in [0, 0.05) is 18.1 Å². The van der Waals surface area contributed by atoms with Crippen LogP contribution in [0.2, 0.25) is 0 Å². The number of methoxy groups -OCH3 is 3. The molecule has 9 nitrogen and oxygen atoms in total. The molecule has 0 radical (unpaired) electrons. The van der Waals surface area contributed by atoms with Gasteiger partial charge >= 0.3 is 39.4 Å². The number of ether oxygens (including phenoxy) is 5. The van der Waals surface area contributed by atoms with Gasteiger partial charge in [0.25, 0.3) is 0 Å². The van der Waals surface area contributed by atoms with Gasteiger partial charge in [0.05, 0.1) is 21.3 Å². The maximum atomic E-state index is 13.3. The van der Waals surface area contributed by atoms with Gasteiger partial charge in [-0.15, -0.1) is 0 Å². The van der Waals surface area contributed by atoms with Crippen LogP contribution in [-0.4, -0.2) is 61.6 Å². The van der Waals surface area contributed by atoms with Gasteiger partial charge in [0.1, 0.15) is 17.2 Å². The van der Waals surface area contributed by atoms with E-state index in [1.54, 1.807) is 54.7 Å². The Bertz CT molecular complexity index is 1140. The van der Waals surface area contributed by atoms with Gasteiger partial charge in [-0.3, -0.25) is 0 Å². The molecule has 0 aromatic heterocycles. The van der Waals surface area contributed by atoms with Crippen molar-refractivity contribution in [2.24, 2.45) is 0 Å². The number of benzene rings is 2. The molecule has 0 saturated heterocycles. The molecule has 0 fully saturated rings. The van der Waals surface area contributed by atoms with E-state index in [0.29, 0.717) is 22.0 Å². The Morgan fingerprint density at radius 1 is 0.821 bits per heavy atom. The molecule has 2 amide bonds. The molecule has 10 heteroatoms.